The summed E-state index contributed by atoms with van der Waals surface area (Å²) in [6.07, 6.45) is 2.34. The molecule has 0 saturated carbocycles. The monoisotopic (exact) mass is 269 g/mol. The van der Waals surface area contributed by atoms with Gasteiger partial charge < -0.3 is 10.1 Å². The third-order valence-electron chi connectivity index (χ3n) is 2.85. The molecule has 20 heavy (non-hydrogen) atoms. The molecule has 0 aliphatic rings. The van der Waals surface area contributed by atoms with Crippen molar-refractivity contribution in [3.8, 4) is 5.75 Å². The molecule has 1 N–H and O–H groups in total. The molecule has 2 aromatic rings. The molecule has 0 heterocycles. The second-order valence-corrected chi connectivity index (χ2v) is 4.20. The van der Waals surface area contributed by atoms with Crippen molar-refractivity contribution in [2.75, 3.05) is 13.2 Å². The van der Waals surface area contributed by atoms with Gasteiger partial charge in [0.1, 0.15) is 5.75 Å². The fraction of sp³-hybridized carbons (Fsp3) is 0.125. The number of hydrogen-bond donors (Lipinski definition) is 1. The topological polar surface area (TPSA) is 55.4 Å². The van der Waals surface area contributed by atoms with Crippen molar-refractivity contribution >= 4 is 23.0 Å². The van der Waals surface area contributed by atoms with E-state index in [4.69, 9.17) is 4.74 Å². The van der Waals surface area contributed by atoms with Crippen LogP contribution in [0.25, 0.3) is 10.8 Å². The van der Waals surface area contributed by atoms with Gasteiger partial charge in [0.2, 0.25) is 0 Å². The summed E-state index contributed by atoms with van der Waals surface area (Å²) in [6, 6.07) is 11.1. The van der Waals surface area contributed by atoms with Crippen LogP contribution in [0.15, 0.2) is 49.1 Å². The van der Waals surface area contributed by atoms with Crippen molar-refractivity contribution < 1.29 is 14.3 Å². The van der Waals surface area contributed by atoms with Crippen LogP contribution >= 0.6 is 0 Å². The van der Waals surface area contributed by atoms with Crippen LogP contribution in [-0.4, -0.2) is 25.3 Å². The highest BCUT2D eigenvalue weighted by Crippen LogP contribution is 2.26. The molecular weight excluding hydrogens is 254 g/mol. The van der Waals surface area contributed by atoms with Gasteiger partial charge in [0.05, 0.1) is 5.56 Å². The van der Waals surface area contributed by atoms with Gasteiger partial charge in [0.25, 0.3) is 5.91 Å². The van der Waals surface area contributed by atoms with Crippen molar-refractivity contribution in [3.05, 3.63) is 54.6 Å². The molecule has 0 atom stereocenters. The van der Waals surface area contributed by atoms with E-state index in [1.807, 2.05) is 30.3 Å². The van der Waals surface area contributed by atoms with E-state index in [1.54, 1.807) is 12.1 Å². The molecule has 0 saturated heterocycles. The summed E-state index contributed by atoms with van der Waals surface area (Å²) in [5.74, 6) is 0.155. The molecule has 2 rings (SSSR count). The lowest BCUT2D eigenvalue weighted by Gasteiger charge is -2.10. The van der Waals surface area contributed by atoms with E-state index >= 15 is 0 Å². The van der Waals surface area contributed by atoms with Crippen LogP contribution in [0.4, 0.5) is 0 Å². The summed E-state index contributed by atoms with van der Waals surface area (Å²) >= 11 is 0. The molecule has 0 radical (unpaired) electrons. The maximum atomic E-state index is 11.5. The Balaban J connectivity index is 2.19. The van der Waals surface area contributed by atoms with Gasteiger partial charge in [0, 0.05) is 6.54 Å². The fourth-order valence-corrected chi connectivity index (χ4v) is 1.90. The quantitative estimate of drug-likeness (QED) is 0.647. The number of nitrogens with one attached hydrogen (secondary N) is 1. The number of carbonyl (C=O) groups is 2. The lowest BCUT2D eigenvalue weighted by Crippen LogP contribution is -2.28. The molecule has 0 aliphatic heterocycles. The Bertz CT molecular complexity index is 649. The molecule has 0 unspecified atom stereocenters. The first-order chi connectivity index (χ1) is 9.76. The Hall–Kier alpha value is -2.62. The van der Waals surface area contributed by atoms with Gasteiger partial charge in [-0.2, -0.15) is 0 Å². The maximum absolute atomic E-state index is 11.5. The minimum atomic E-state index is -0.255. The number of amides is 1. The minimum absolute atomic E-state index is 0.132. The Morgan fingerprint density at radius 2 is 2.05 bits per heavy atom. The van der Waals surface area contributed by atoms with Crippen LogP contribution < -0.4 is 10.1 Å². The lowest BCUT2D eigenvalue weighted by atomic mass is 10.0. The predicted octanol–water partition coefficient (Wildman–Crippen LogP) is 2.33. The summed E-state index contributed by atoms with van der Waals surface area (Å²) in [4.78, 5) is 22.7. The Morgan fingerprint density at radius 1 is 1.25 bits per heavy atom. The maximum Gasteiger partial charge on any atom is 0.258 e. The zero-order valence-corrected chi connectivity index (χ0v) is 11.0. The highest BCUT2D eigenvalue weighted by molar-refractivity contribution is 6.00. The molecule has 0 spiro atoms. The summed E-state index contributed by atoms with van der Waals surface area (Å²) in [5, 5.41) is 4.38. The first-order valence-corrected chi connectivity index (χ1v) is 6.23. The van der Waals surface area contributed by atoms with Crippen molar-refractivity contribution in [3.63, 3.8) is 0 Å². The normalized spacial score (nSPS) is 10.0. The SMILES string of the molecule is C=CCNC(=O)COc1ccc2ccccc2c1C=O. The lowest BCUT2D eigenvalue weighted by molar-refractivity contribution is -0.122. The van der Waals surface area contributed by atoms with Gasteiger partial charge in [-0.25, -0.2) is 0 Å². The van der Waals surface area contributed by atoms with Gasteiger partial charge in [-0.05, 0) is 16.8 Å². The Kier molecular flexibility index (Phi) is 4.50. The van der Waals surface area contributed by atoms with Crippen molar-refractivity contribution in [1.29, 1.82) is 0 Å². The zero-order chi connectivity index (χ0) is 14.4. The van der Waals surface area contributed by atoms with Crippen LogP contribution in [0.5, 0.6) is 5.75 Å². The van der Waals surface area contributed by atoms with Crippen LogP contribution in [-0.2, 0) is 4.79 Å². The smallest absolute Gasteiger partial charge is 0.258 e. The summed E-state index contributed by atoms with van der Waals surface area (Å²) in [7, 11) is 0. The second-order valence-electron chi connectivity index (χ2n) is 4.20. The average Bonchev–Trinajstić information content (AvgIpc) is 2.50. The first-order valence-electron chi connectivity index (χ1n) is 6.23. The molecule has 4 heteroatoms. The third-order valence-corrected chi connectivity index (χ3v) is 2.85. The first kappa shape index (κ1) is 13.8. The minimum Gasteiger partial charge on any atom is -0.483 e. The van der Waals surface area contributed by atoms with Crippen LogP contribution in [0.1, 0.15) is 10.4 Å². The molecule has 102 valence electrons. The summed E-state index contributed by atoms with van der Waals surface area (Å²) in [5.41, 5.74) is 0.458. The summed E-state index contributed by atoms with van der Waals surface area (Å²) < 4.78 is 5.42. The van der Waals surface area contributed by atoms with E-state index in [0.717, 1.165) is 17.1 Å². The molecular formula is C16H15NO3. The molecule has 0 fully saturated rings. The standard InChI is InChI=1S/C16H15NO3/c1-2-9-17-16(19)11-20-15-8-7-12-5-3-4-6-13(12)14(15)10-18/h2-8,10H,1,9,11H2,(H,17,19). The largest absolute Gasteiger partial charge is 0.483 e. The average molecular weight is 269 g/mol. The highest BCUT2D eigenvalue weighted by Gasteiger charge is 2.09. The molecule has 2 aromatic carbocycles. The number of hydrogen-bond acceptors (Lipinski definition) is 3. The summed E-state index contributed by atoms with van der Waals surface area (Å²) in [6.45, 7) is 3.77. The molecule has 4 nitrogen and oxygen atoms in total. The van der Waals surface area contributed by atoms with E-state index in [9.17, 15) is 9.59 Å². The van der Waals surface area contributed by atoms with E-state index < -0.39 is 0 Å². The molecule has 0 bridgehead atoms. The second kappa shape index (κ2) is 6.52. The van der Waals surface area contributed by atoms with Gasteiger partial charge in [0.15, 0.2) is 12.9 Å². The van der Waals surface area contributed by atoms with Gasteiger partial charge >= 0.3 is 0 Å². The van der Waals surface area contributed by atoms with Gasteiger partial charge in [-0.15, -0.1) is 6.58 Å². The third kappa shape index (κ3) is 3.03. The highest BCUT2D eigenvalue weighted by atomic mass is 16.5. The van der Waals surface area contributed by atoms with Gasteiger partial charge in [-0.1, -0.05) is 36.4 Å². The van der Waals surface area contributed by atoms with Crippen LogP contribution in [0.2, 0.25) is 0 Å². The van der Waals surface area contributed by atoms with E-state index in [0.29, 0.717) is 17.9 Å². The zero-order valence-electron chi connectivity index (χ0n) is 11.0. The van der Waals surface area contributed by atoms with Crippen molar-refractivity contribution in [2.24, 2.45) is 0 Å². The predicted molar refractivity (Wildman–Crippen MR) is 78.0 cm³/mol. The Labute approximate surface area is 117 Å². The molecule has 0 aliphatic carbocycles. The number of benzene rings is 2. The number of rotatable bonds is 6. The fourth-order valence-electron chi connectivity index (χ4n) is 1.90. The molecule has 1 amide bonds. The van der Waals surface area contributed by atoms with E-state index in [-0.39, 0.29) is 12.5 Å². The van der Waals surface area contributed by atoms with Crippen molar-refractivity contribution in [2.45, 2.75) is 0 Å². The number of fused-ring (bicyclic) bond motifs is 1. The van der Waals surface area contributed by atoms with Crippen LogP contribution in [0, 0.1) is 0 Å². The van der Waals surface area contributed by atoms with E-state index in [1.165, 1.54) is 0 Å². The number of carbonyl (C=O) groups excluding carboxylic acids is 2. The molecule has 0 aromatic heterocycles. The Morgan fingerprint density at radius 3 is 2.80 bits per heavy atom. The van der Waals surface area contributed by atoms with Crippen molar-refractivity contribution in [1.82, 2.24) is 5.32 Å². The number of ether oxygens (including phenoxy) is 1. The van der Waals surface area contributed by atoms with Gasteiger partial charge in [-0.3, -0.25) is 9.59 Å². The van der Waals surface area contributed by atoms with E-state index in [2.05, 4.69) is 11.9 Å². The number of aldehydes is 1. The van der Waals surface area contributed by atoms with Crippen LogP contribution in [0.3, 0.4) is 0 Å².